The Labute approximate surface area is 173 Å². The summed E-state index contributed by atoms with van der Waals surface area (Å²) in [5.41, 5.74) is 3.46. The number of methoxy groups -OCH3 is 2. The van der Waals surface area contributed by atoms with E-state index < -0.39 is 0 Å². The van der Waals surface area contributed by atoms with Crippen LogP contribution in [0.1, 0.15) is 5.56 Å². The van der Waals surface area contributed by atoms with E-state index >= 15 is 0 Å². The molecule has 4 aromatic rings. The highest BCUT2D eigenvalue weighted by atomic mass is 16.5. The summed E-state index contributed by atoms with van der Waals surface area (Å²) in [5.74, 6) is 1.54. The first kappa shape index (κ1) is 18.1. The highest BCUT2D eigenvalue weighted by Gasteiger charge is 2.17. The lowest BCUT2D eigenvalue weighted by Crippen LogP contribution is -2.30. The van der Waals surface area contributed by atoms with Gasteiger partial charge in [0.2, 0.25) is 0 Å². The van der Waals surface area contributed by atoms with Crippen molar-refractivity contribution < 1.29 is 14.6 Å². The fraction of sp³-hybridized carbons (Fsp3) is 0.0800. The number of hydrogen-bond acceptors (Lipinski definition) is 5. The molecule has 148 valence electrons. The van der Waals surface area contributed by atoms with Crippen molar-refractivity contribution in [1.82, 2.24) is 0 Å². The lowest BCUT2D eigenvalue weighted by atomic mass is 10.0. The van der Waals surface area contributed by atoms with E-state index in [1.165, 1.54) is 0 Å². The van der Waals surface area contributed by atoms with Crippen molar-refractivity contribution in [3.63, 3.8) is 0 Å². The lowest BCUT2D eigenvalue weighted by Gasteiger charge is -2.18. The van der Waals surface area contributed by atoms with Gasteiger partial charge in [-0.15, -0.1) is 0 Å². The minimum atomic E-state index is 0.187. The Bertz CT molecular complexity index is 1410. The lowest BCUT2D eigenvalue weighted by molar-refractivity contribution is 0.393. The highest BCUT2D eigenvalue weighted by Crippen LogP contribution is 2.34. The Morgan fingerprint density at radius 1 is 0.900 bits per heavy atom. The van der Waals surface area contributed by atoms with Crippen LogP contribution in [-0.4, -0.2) is 19.3 Å². The van der Waals surface area contributed by atoms with E-state index in [1.54, 1.807) is 14.2 Å². The van der Waals surface area contributed by atoms with Crippen LogP contribution in [-0.2, 0) is 0 Å². The van der Waals surface area contributed by atoms with Crippen LogP contribution >= 0.6 is 0 Å². The van der Waals surface area contributed by atoms with Crippen LogP contribution < -0.4 is 25.4 Å². The van der Waals surface area contributed by atoms with Crippen molar-refractivity contribution in [2.24, 2.45) is 4.99 Å². The standard InChI is InChI=1S/C25H20N2O3/c1-29-16-12-11-15(22(14-16)30-2)13-19-24-23(17-7-3-4-8-18(17)25(19)28)26-20-9-5-6-10-21(20)27-24/h3-14,26,28H,1-2H3/b19-13+. The second-order valence-electron chi connectivity index (χ2n) is 7.04. The van der Waals surface area contributed by atoms with Crippen LogP contribution in [0.2, 0.25) is 0 Å². The molecule has 0 amide bonds. The van der Waals surface area contributed by atoms with Crippen molar-refractivity contribution in [3.8, 4) is 17.2 Å². The van der Waals surface area contributed by atoms with E-state index in [1.807, 2.05) is 72.8 Å². The predicted octanol–water partition coefficient (Wildman–Crippen LogP) is 4.40. The first-order valence-electron chi connectivity index (χ1n) is 9.62. The van der Waals surface area contributed by atoms with E-state index in [0.717, 1.165) is 33.4 Å². The van der Waals surface area contributed by atoms with Gasteiger partial charge in [-0.25, -0.2) is 4.99 Å². The molecule has 0 unspecified atom stereocenters. The number of phenols is 1. The van der Waals surface area contributed by atoms with Crippen molar-refractivity contribution in [2.45, 2.75) is 0 Å². The van der Waals surface area contributed by atoms with Crippen molar-refractivity contribution >= 4 is 33.9 Å². The molecule has 0 atom stereocenters. The van der Waals surface area contributed by atoms with E-state index in [2.05, 4.69) is 5.32 Å². The molecule has 4 aromatic carbocycles. The van der Waals surface area contributed by atoms with Crippen LogP contribution in [0.5, 0.6) is 17.2 Å². The fourth-order valence-electron chi connectivity index (χ4n) is 3.83. The van der Waals surface area contributed by atoms with E-state index in [-0.39, 0.29) is 5.75 Å². The van der Waals surface area contributed by atoms with Crippen molar-refractivity contribution in [2.75, 3.05) is 19.5 Å². The first-order chi connectivity index (χ1) is 14.7. The summed E-state index contributed by atoms with van der Waals surface area (Å²) in [7, 11) is 3.23. The van der Waals surface area contributed by atoms with Gasteiger partial charge in [-0.3, -0.25) is 0 Å². The molecule has 5 nitrogen and oxygen atoms in total. The Kier molecular flexibility index (Phi) is 4.29. The molecule has 1 aliphatic rings. The smallest absolute Gasteiger partial charge is 0.132 e. The number of fused-ring (bicyclic) bond motifs is 4. The quantitative estimate of drug-likeness (QED) is 0.444. The molecule has 0 aliphatic carbocycles. The summed E-state index contributed by atoms with van der Waals surface area (Å²) in [6.45, 7) is 0. The van der Waals surface area contributed by atoms with Gasteiger partial charge in [0.1, 0.15) is 17.2 Å². The molecule has 0 radical (unpaired) electrons. The monoisotopic (exact) mass is 396 g/mol. The topological polar surface area (TPSA) is 63.1 Å². The van der Waals surface area contributed by atoms with E-state index in [9.17, 15) is 5.11 Å². The number of benzene rings is 4. The molecule has 5 rings (SSSR count). The molecular formula is C25H20N2O3. The summed E-state index contributed by atoms with van der Waals surface area (Å²) < 4.78 is 10.8. The normalized spacial score (nSPS) is 12.5. The molecule has 0 saturated carbocycles. The van der Waals surface area contributed by atoms with Gasteiger partial charge in [-0.1, -0.05) is 36.4 Å². The second kappa shape index (κ2) is 7.12. The third-order valence-corrected chi connectivity index (χ3v) is 5.34. The van der Waals surface area contributed by atoms with Crippen LogP contribution in [0.4, 0.5) is 17.1 Å². The van der Waals surface area contributed by atoms with Crippen molar-refractivity contribution in [3.05, 3.63) is 82.9 Å². The number of rotatable bonds is 3. The number of phenolic OH excluding ortho intramolecular Hbond substituents is 1. The summed E-state index contributed by atoms with van der Waals surface area (Å²) in [6, 6.07) is 21.2. The second-order valence-corrected chi connectivity index (χ2v) is 7.04. The SMILES string of the molecule is COc1ccc(/C=c2/c(O)c3ccccc3c3c2=Nc2ccccc2N3)c(OC)c1. The minimum absolute atomic E-state index is 0.187. The van der Waals surface area contributed by atoms with Crippen molar-refractivity contribution in [1.29, 1.82) is 0 Å². The van der Waals surface area contributed by atoms with Crippen LogP contribution in [0.3, 0.4) is 0 Å². The fourth-order valence-corrected chi connectivity index (χ4v) is 3.83. The highest BCUT2D eigenvalue weighted by molar-refractivity contribution is 6.00. The molecule has 0 bridgehead atoms. The zero-order chi connectivity index (χ0) is 20.7. The molecule has 0 spiro atoms. The number of anilines is 2. The van der Waals surface area contributed by atoms with Crippen LogP contribution in [0, 0.1) is 0 Å². The molecule has 30 heavy (non-hydrogen) atoms. The molecule has 2 N–H and O–H groups in total. The zero-order valence-corrected chi connectivity index (χ0v) is 16.6. The number of nitrogens with zero attached hydrogens (tertiary/aromatic N) is 1. The van der Waals surface area contributed by atoms with Gasteiger partial charge in [-0.2, -0.15) is 0 Å². The van der Waals surface area contributed by atoms with Gasteiger partial charge >= 0.3 is 0 Å². The summed E-state index contributed by atoms with van der Waals surface area (Å²) in [6.07, 6.45) is 1.90. The summed E-state index contributed by atoms with van der Waals surface area (Å²) in [5, 5.41) is 17.7. The summed E-state index contributed by atoms with van der Waals surface area (Å²) in [4.78, 5) is 4.89. The molecule has 1 aliphatic heterocycles. The zero-order valence-electron chi connectivity index (χ0n) is 16.6. The van der Waals surface area contributed by atoms with Gasteiger partial charge in [0.05, 0.1) is 36.6 Å². The number of aromatic hydroxyl groups is 1. The Morgan fingerprint density at radius 2 is 1.67 bits per heavy atom. The minimum Gasteiger partial charge on any atom is -0.507 e. The van der Waals surface area contributed by atoms with Gasteiger partial charge in [0.25, 0.3) is 0 Å². The third-order valence-electron chi connectivity index (χ3n) is 5.34. The van der Waals surface area contributed by atoms with Gasteiger partial charge < -0.3 is 19.9 Å². The largest absolute Gasteiger partial charge is 0.507 e. The Morgan fingerprint density at radius 3 is 2.47 bits per heavy atom. The third kappa shape index (κ3) is 2.83. The Hall–Kier alpha value is -3.99. The molecule has 0 fully saturated rings. The Balaban J connectivity index is 1.90. The molecule has 0 saturated heterocycles. The maximum absolute atomic E-state index is 11.2. The maximum atomic E-state index is 11.2. The number of hydrogen-bond donors (Lipinski definition) is 2. The average Bonchev–Trinajstić information content (AvgIpc) is 2.80. The first-order valence-corrected chi connectivity index (χ1v) is 9.62. The summed E-state index contributed by atoms with van der Waals surface area (Å²) >= 11 is 0. The van der Waals surface area contributed by atoms with Gasteiger partial charge in [0.15, 0.2) is 0 Å². The number of ether oxygens (including phenoxy) is 2. The molecular weight excluding hydrogens is 376 g/mol. The molecule has 0 aromatic heterocycles. The van der Waals surface area contributed by atoms with Crippen LogP contribution in [0.25, 0.3) is 16.8 Å². The molecule has 5 heteroatoms. The average molecular weight is 396 g/mol. The number of nitrogens with one attached hydrogen (secondary N) is 1. The van der Waals surface area contributed by atoms with Gasteiger partial charge in [-0.05, 0) is 30.3 Å². The molecule has 1 heterocycles. The number of para-hydroxylation sites is 2. The maximum Gasteiger partial charge on any atom is 0.132 e. The van der Waals surface area contributed by atoms with Gasteiger partial charge in [0, 0.05) is 27.6 Å². The van der Waals surface area contributed by atoms with E-state index in [4.69, 9.17) is 14.5 Å². The van der Waals surface area contributed by atoms with E-state index in [0.29, 0.717) is 22.1 Å². The predicted molar refractivity (Wildman–Crippen MR) is 119 cm³/mol. The van der Waals surface area contributed by atoms with Crippen LogP contribution in [0.15, 0.2) is 71.7 Å².